The van der Waals surface area contributed by atoms with E-state index < -0.39 is 0 Å². The van der Waals surface area contributed by atoms with Gasteiger partial charge in [0.2, 0.25) is 5.56 Å². The first-order valence-electron chi connectivity index (χ1n) is 4.71. The molecule has 0 aromatic heterocycles. The molecule has 0 aliphatic heterocycles. The van der Waals surface area contributed by atoms with E-state index in [-0.39, 0.29) is 0 Å². The van der Waals surface area contributed by atoms with Crippen LogP contribution < -0.4 is 5.32 Å². The number of thioether (sulfide) groups is 1. The van der Waals surface area contributed by atoms with E-state index >= 15 is 0 Å². The lowest BCUT2D eigenvalue weighted by Gasteiger charge is -2.15. The van der Waals surface area contributed by atoms with Crippen molar-refractivity contribution in [3.05, 3.63) is 5.56 Å². The quantitative estimate of drug-likeness (QED) is 0.635. The van der Waals surface area contributed by atoms with Gasteiger partial charge in [0, 0.05) is 6.61 Å². The van der Waals surface area contributed by atoms with Gasteiger partial charge in [0.1, 0.15) is 0 Å². The molecule has 0 saturated heterocycles. The van der Waals surface area contributed by atoms with Crippen molar-refractivity contribution in [1.82, 2.24) is 5.32 Å². The molecule has 0 aliphatic rings. The first-order chi connectivity index (χ1) is 5.85. The van der Waals surface area contributed by atoms with E-state index in [0.29, 0.717) is 0 Å². The molecule has 3 heteroatoms. The minimum atomic E-state index is 0.818. The summed E-state index contributed by atoms with van der Waals surface area (Å²) in [5.74, 6) is 1.07. The van der Waals surface area contributed by atoms with Crippen LogP contribution in [0.2, 0.25) is 0 Å². The zero-order valence-electron chi connectivity index (χ0n) is 8.35. The lowest BCUT2D eigenvalue weighted by atomic mass is 10.5. The van der Waals surface area contributed by atoms with Crippen LogP contribution in [0.1, 0.15) is 33.6 Å². The highest BCUT2D eigenvalue weighted by Gasteiger charge is 2.07. The highest BCUT2D eigenvalue weighted by atomic mass is 32.2. The fourth-order valence-electron chi connectivity index (χ4n) is 0.697. The van der Waals surface area contributed by atoms with Crippen LogP contribution in [-0.4, -0.2) is 18.9 Å². The molecule has 0 heterocycles. The highest BCUT2D eigenvalue weighted by Crippen LogP contribution is 2.16. The normalized spacial score (nSPS) is 11.0. The monoisotopic (exact) mass is 190 g/mol. The standard InChI is InChI=1S/C9H20NOS/c1-4-7-10-9(12-6-3)11-8-5-2/h10H,4-8H2,1-3H3. The van der Waals surface area contributed by atoms with Gasteiger partial charge in [-0.3, -0.25) is 5.32 Å². The van der Waals surface area contributed by atoms with Gasteiger partial charge in [0.25, 0.3) is 0 Å². The van der Waals surface area contributed by atoms with Crippen LogP contribution in [0.4, 0.5) is 0 Å². The Morgan fingerprint density at radius 2 is 2.00 bits per heavy atom. The second-order valence-corrected chi connectivity index (χ2v) is 3.73. The molecule has 0 aliphatic carbocycles. The Bertz CT molecular complexity index is 82.6. The maximum atomic E-state index is 5.50. The second-order valence-electron chi connectivity index (χ2n) is 2.50. The lowest BCUT2D eigenvalue weighted by Crippen LogP contribution is -2.22. The first-order valence-corrected chi connectivity index (χ1v) is 5.70. The van der Waals surface area contributed by atoms with Crippen LogP contribution in [0.3, 0.4) is 0 Å². The highest BCUT2D eigenvalue weighted by molar-refractivity contribution is 8.01. The molecule has 12 heavy (non-hydrogen) atoms. The van der Waals surface area contributed by atoms with E-state index in [1.54, 1.807) is 11.8 Å². The maximum Gasteiger partial charge on any atom is 0.221 e. The van der Waals surface area contributed by atoms with Crippen LogP contribution in [0.25, 0.3) is 0 Å². The number of hydrogen-bond donors (Lipinski definition) is 1. The molecule has 1 radical (unpaired) electrons. The molecule has 0 spiro atoms. The van der Waals surface area contributed by atoms with E-state index in [2.05, 4.69) is 26.1 Å². The smallest absolute Gasteiger partial charge is 0.221 e. The SMILES string of the molecule is CCCN[C](OCCC)SCC. The van der Waals surface area contributed by atoms with Gasteiger partial charge >= 0.3 is 0 Å². The van der Waals surface area contributed by atoms with Crippen molar-refractivity contribution in [3.8, 4) is 0 Å². The summed E-state index contributed by atoms with van der Waals surface area (Å²) in [6, 6.07) is 0. The number of rotatable bonds is 8. The van der Waals surface area contributed by atoms with Crippen molar-refractivity contribution in [1.29, 1.82) is 0 Å². The summed E-state index contributed by atoms with van der Waals surface area (Å²) >= 11 is 1.74. The summed E-state index contributed by atoms with van der Waals surface area (Å²) < 4.78 is 5.50. The molecular formula is C9H20NOS. The fraction of sp³-hybridized carbons (Fsp3) is 0.889. The third-order valence-electron chi connectivity index (χ3n) is 1.23. The van der Waals surface area contributed by atoms with Crippen molar-refractivity contribution >= 4 is 11.8 Å². The molecule has 0 aromatic rings. The minimum Gasteiger partial charge on any atom is -0.347 e. The number of hydrogen-bond acceptors (Lipinski definition) is 3. The Labute approximate surface area is 80.4 Å². The minimum absolute atomic E-state index is 0.818. The number of nitrogens with one attached hydrogen (secondary N) is 1. The van der Waals surface area contributed by atoms with Gasteiger partial charge in [-0.15, -0.1) is 11.8 Å². The Hall–Kier alpha value is 0.270. The third kappa shape index (κ3) is 6.95. The molecule has 73 valence electrons. The molecule has 0 unspecified atom stereocenters. The summed E-state index contributed by atoms with van der Waals surface area (Å²) in [7, 11) is 0. The van der Waals surface area contributed by atoms with E-state index in [1.165, 1.54) is 0 Å². The molecule has 1 N–H and O–H groups in total. The summed E-state index contributed by atoms with van der Waals surface area (Å²) in [5.41, 5.74) is 0.987. The Balaban J connectivity index is 3.40. The lowest BCUT2D eigenvalue weighted by molar-refractivity contribution is 0.164. The van der Waals surface area contributed by atoms with Crippen LogP contribution in [-0.2, 0) is 4.74 Å². The van der Waals surface area contributed by atoms with Gasteiger partial charge in [-0.05, 0) is 25.1 Å². The van der Waals surface area contributed by atoms with Gasteiger partial charge in [-0.1, -0.05) is 20.8 Å². The predicted molar refractivity (Wildman–Crippen MR) is 55.9 cm³/mol. The van der Waals surface area contributed by atoms with E-state index in [1.807, 2.05) is 0 Å². The Morgan fingerprint density at radius 1 is 1.25 bits per heavy atom. The molecule has 0 rings (SSSR count). The third-order valence-corrected chi connectivity index (χ3v) is 2.05. The van der Waals surface area contributed by atoms with Crippen LogP contribution >= 0.6 is 11.8 Å². The first kappa shape index (κ1) is 12.3. The van der Waals surface area contributed by atoms with Gasteiger partial charge in [0.05, 0.1) is 0 Å². The molecule has 0 fully saturated rings. The summed E-state index contributed by atoms with van der Waals surface area (Å²) in [6.07, 6.45) is 2.21. The van der Waals surface area contributed by atoms with Crippen molar-refractivity contribution in [3.63, 3.8) is 0 Å². The Morgan fingerprint density at radius 3 is 2.50 bits per heavy atom. The molecule has 0 aromatic carbocycles. The molecule has 0 bridgehead atoms. The van der Waals surface area contributed by atoms with Gasteiger partial charge in [-0.2, -0.15) is 0 Å². The van der Waals surface area contributed by atoms with Crippen molar-refractivity contribution in [2.75, 3.05) is 18.9 Å². The van der Waals surface area contributed by atoms with E-state index in [0.717, 1.165) is 37.3 Å². The second kappa shape index (κ2) is 9.36. The summed E-state index contributed by atoms with van der Waals surface area (Å²) in [6.45, 7) is 8.23. The molecule has 2 nitrogen and oxygen atoms in total. The number of ether oxygens (including phenoxy) is 1. The van der Waals surface area contributed by atoms with Gasteiger partial charge in [0.15, 0.2) is 0 Å². The summed E-state index contributed by atoms with van der Waals surface area (Å²) in [4.78, 5) is 0. The zero-order chi connectivity index (χ0) is 9.23. The molecule has 0 atom stereocenters. The van der Waals surface area contributed by atoms with Crippen LogP contribution in [0.5, 0.6) is 0 Å². The van der Waals surface area contributed by atoms with Crippen molar-refractivity contribution < 1.29 is 4.74 Å². The maximum absolute atomic E-state index is 5.50. The van der Waals surface area contributed by atoms with Crippen LogP contribution in [0, 0.1) is 5.56 Å². The Kier molecular flexibility index (Phi) is 9.57. The van der Waals surface area contributed by atoms with Crippen molar-refractivity contribution in [2.45, 2.75) is 33.6 Å². The average Bonchev–Trinajstić information content (AvgIpc) is 2.10. The zero-order valence-corrected chi connectivity index (χ0v) is 9.17. The topological polar surface area (TPSA) is 21.3 Å². The molecule has 0 amide bonds. The van der Waals surface area contributed by atoms with Gasteiger partial charge in [-0.25, -0.2) is 0 Å². The van der Waals surface area contributed by atoms with Crippen molar-refractivity contribution in [2.24, 2.45) is 0 Å². The van der Waals surface area contributed by atoms with E-state index in [4.69, 9.17) is 4.74 Å². The molecule has 0 saturated carbocycles. The average molecular weight is 190 g/mol. The molecular weight excluding hydrogens is 170 g/mol. The predicted octanol–water partition coefficient (Wildman–Crippen LogP) is 2.61. The largest absolute Gasteiger partial charge is 0.347 e. The summed E-state index contributed by atoms with van der Waals surface area (Å²) in [5, 5.41) is 3.26. The van der Waals surface area contributed by atoms with E-state index in [9.17, 15) is 0 Å². The fourth-order valence-corrected chi connectivity index (χ4v) is 1.33. The van der Waals surface area contributed by atoms with Crippen LogP contribution in [0.15, 0.2) is 0 Å². The van der Waals surface area contributed by atoms with Gasteiger partial charge < -0.3 is 4.74 Å².